The number of anilines is 1. The first kappa shape index (κ1) is 15.1. The Bertz CT molecular complexity index is 637. The van der Waals surface area contributed by atoms with E-state index in [1.54, 1.807) is 6.07 Å². The molecule has 106 valence electrons. The third-order valence-electron chi connectivity index (χ3n) is 3.01. The van der Waals surface area contributed by atoms with E-state index in [0.29, 0.717) is 10.7 Å². The molecule has 0 aliphatic heterocycles. The average Bonchev–Trinajstić information content (AvgIpc) is 2.75. The van der Waals surface area contributed by atoms with Crippen molar-refractivity contribution in [3.8, 4) is 0 Å². The summed E-state index contributed by atoms with van der Waals surface area (Å²) < 4.78 is 2.85. The molecule has 2 aromatic rings. The lowest BCUT2D eigenvalue weighted by atomic mass is 10.2. The van der Waals surface area contributed by atoms with Crippen molar-refractivity contribution in [1.29, 1.82) is 0 Å². The van der Waals surface area contributed by atoms with E-state index in [1.807, 2.05) is 35.9 Å². The number of benzene rings is 1. The first-order chi connectivity index (χ1) is 9.51. The Morgan fingerprint density at radius 1 is 1.40 bits per heavy atom. The van der Waals surface area contributed by atoms with Gasteiger partial charge in [0.25, 0.3) is 5.91 Å². The number of aromatic nitrogens is 1. The summed E-state index contributed by atoms with van der Waals surface area (Å²) in [4.78, 5) is 12.4. The summed E-state index contributed by atoms with van der Waals surface area (Å²) in [5.41, 5.74) is 2.36. The van der Waals surface area contributed by atoms with E-state index in [4.69, 9.17) is 11.6 Å². The second kappa shape index (κ2) is 6.46. The highest BCUT2D eigenvalue weighted by molar-refractivity contribution is 9.10. The number of hydrogen-bond acceptors (Lipinski definition) is 1. The van der Waals surface area contributed by atoms with Gasteiger partial charge in [0, 0.05) is 27.9 Å². The largest absolute Gasteiger partial charge is 0.342 e. The van der Waals surface area contributed by atoms with Crippen molar-refractivity contribution in [3.05, 3.63) is 51.2 Å². The smallest absolute Gasteiger partial charge is 0.272 e. The molecule has 0 fully saturated rings. The molecule has 2 rings (SSSR count). The van der Waals surface area contributed by atoms with Crippen LogP contribution in [0.25, 0.3) is 0 Å². The number of nitrogens with one attached hydrogen (secondary N) is 1. The third-order valence-corrected chi connectivity index (χ3v) is 3.68. The van der Waals surface area contributed by atoms with Gasteiger partial charge in [-0.2, -0.15) is 0 Å². The summed E-state index contributed by atoms with van der Waals surface area (Å²) in [5.74, 6) is -0.130. The third kappa shape index (κ3) is 3.44. The maximum absolute atomic E-state index is 12.4. The van der Waals surface area contributed by atoms with E-state index in [1.165, 1.54) is 0 Å². The monoisotopic (exact) mass is 354 g/mol. The fourth-order valence-electron chi connectivity index (χ4n) is 2.01. The lowest BCUT2D eigenvalue weighted by molar-refractivity contribution is 0.101. The zero-order valence-corrected chi connectivity index (χ0v) is 13.8. The van der Waals surface area contributed by atoms with Crippen LogP contribution in [0, 0.1) is 6.92 Å². The molecule has 3 nitrogen and oxygen atoms in total. The summed E-state index contributed by atoms with van der Waals surface area (Å²) in [6, 6.07) is 7.28. The Kier molecular flexibility index (Phi) is 4.89. The van der Waals surface area contributed by atoms with Crippen LogP contribution in [0.2, 0.25) is 5.02 Å². The maximum Gasteiger partial charge on any atom is 0.272 e. The number of halogens is 2. The van der Waals surface area contributed by atoms with Crippen molar-refractivity contribution in [1.82, 2.24) is 4.57 Å². The van der Waals surface area contributed by atoms with Gasteiger partial charge in [-0.15, -0.1) is 0 Å². The molecule has 0 aliphatic carbocycles. The van der Waals surface area contributed by atoms with E-state index in [0.717, 1.165) is 28.7 Å². The van der Waals surface area contributed by atoms with Gasteiger partial charge in [-0.1, -0.05) is 24.6 Å². The van der Waals surface area contributed by atoms with Crippen molar-refractivity contribution in [3.63, 3.8) is 0 Å². The minimum absolute atomic E-state index is 0.130. The molecule has 5 heteroatoms. The number of nitrogens with zero attached hydrogens (tertiary/aromatic N) is 1. The van der Waals surface area contributed by atoms with Gasteiger partial charge in [0.05, 0.1) is 0 Å². The first-order valence-electron chi connectivity index (χ1n) is 6.44. The van der Waals surface area contributed by atoms with Crippen LogP contribution in [0.3, 0.4) is 0 Å². The Hall–Kier alpha value is -1.26. The lowest BCUT2D eigenvalue weighted by Gasteiger charge is -2.11. The molecule has 0 unspecified atom stereocenters. The molecule has 0 aliphatic rings. The van der Waals surface area contributed by atoms with Crippen LogP contribution in [0.5, 0.6) is 0 Å². The molecule has 1 aromatic heterocycles. The molecule has 0 radical (unpaired) electrons. The molecule has 0 atom stereocenters. The van der Waals surface area contributed by atoms with Gasteiger partial charge in [0.2, 0.25) is 0 Å². The Labute approximate surface area is 132 Å². The summed E-state index contributed by atoms with van der Waals surface area (Å²) >= 11 is 9.38. The highest BCUT2D eigenvalue weighted by atomic mass is 79.9. The summed E-state index contributed by atoms with van der Waals surface area (Å²) in [6.45, 7) is 4.83. The fraction of sp³-hybridized carbons (Fsp3) is 0.267. The molecule has 0 spiro atoms. The standard InChI is InChI=1S/C15H16BrClN2O/c1-3-6-19-9-11(16)7-14(19)15(20)18-13-8-12(17)5-4-10(13)2/h4-5,7-9H,3,6H2,1-2H3,(H,18,20). The van der Waals surface area contributed by atoms with Crippen molar-refractivity contribution in [2.24, 2.45) is 0 Å². The van der Waals surface area contributed by atoms with Gasteiger partial charge in [-0.05, 0) is 53.0 Å². The summed E-state index contributed by atoms with van der Waals surface area (Å²) in [6.07, 6.45) is 2.89. The van der Waals surface area contributed by atoms with Gasteiger partial charge in [-0.3, -0.25) is 4.79 Å². The SMILES string of the molecule is CCCn1cc(Br)cc1C(=O)Nc1cc(Cl)ccc1C. The number of carbonyl (C=O) groups is 1. The number of amides is 1. The van der Waals surface area contributed by atoms with E-state index in [-0.39, 0.29) is 5.91 Å². The molecule has 1 amide bonds. The molecule has 0 saturated carbocycles. The molecule has 0 bridgehead atoms. The van der Waals surface area contributed by atoms with E-state index >= 15 is 0 Å². The summed E-state index contributed by atoms with van der Waals surface area (Å²) in [7, 11) is 0. The van der Waals surface area contributed by atoms with E-state index < -0.39 is 0 Å². The topological polar surface area (TPSA) is 34.0 Å². The molecule has 1 heterocycles. The minimum atomic E-state index is -0.130. The van der Waals surface area contributed by atoms with Crippen LogP contribution in [-0.2, 0) is 6.54 Å². The van der Waals surface area contributed by atoms with Crippen molar-refractivity contribution in [2.75, 3.05) is 5.32 Å². The second-order valence-corrected chi connectivity index (χ2v) is 6.00. The number of rotatable bonds is 4. The second-order valence-electron chi connectivity index (χ2n) is 4.65. The van der Waals surface area contributed by atoms with Crippen LogP contribution >= 0.6 is 27.5 Å². The molecule has 0 saturated heterocycles. The van der Waals surface area contributed by atoms with Crippen molar-refractivity contribution in [2.45, 2.75) is 26.8 Å². The Balaban J connectivity index is 2.26. The van der Waals surface area contributed by atoms with Crippen LogP contribution in [0.1, 0.15) is 29.4 Å². The Morgan fingerprint density at radius 3 is 2.85 bits per heavy atom. The van der Waals surface area contributed by atoms with Gasteiger partial charge in [-0.25, -0.2) is 0 Å². The number of aryl methyl sites for hydroxylation is 2. The predicted molar refractivity (Wildman–Crippen MR) is 86.6 cm³/mol. The van der Waals surface area contributed by atoms with Gasteiger partial charge in [0.15, 0.2) is 0 Å². The highest BCUT2D eigenvalue weighted by Crippen LogP contribution is 2.22. The number of carbonyl (C=O) groups excluding carboxylic acids is 1. The Morgan fingerprint density at radius 2 is 2.15 bits per heavy atom. The van der Waals surface area contributed by atoms with Crippen LogP contribution < -0.4 is 5.32 Å². The maximum atomic E-state index is 12.4. The normalized spacial score (nSPS) is 10.6. The highest BCUT2D eigenvalue weighted by Gasteiger charge is 2.14. The van der Waals surface area contributed by atoms with Gasteiger partial charge in [0.1, 0.15) is 5.69 Å². The van der Waals surface area contributed by atoms with Crippen molar-refractivity contribution >= 4 is 39.1 Å². The minimum Gasteiger partial charge on any atom is -0.342 e. The van der Waals surface area contributed by atoms with E-state index in [9.17, 15) is 4.79 Å². The van der Waals surface area contributed by atoms with Crippen LogP contribution in [-0.4, -0.2) is 10.5 Å². The summed E-state index contributed by atoms with van der Waals surface area (Å²) in [5, 5.41) is 3.52. The van der Waals surface area contributed by atoms with Gasteiger partial charge >= 0.3 is 0 Å². The number of hydrogen-bond donors (Lipinski definition) is 1. The fourth-order valence-corrected chi connectivity index (χ4v) is 2.64. The first-order valence-corrected chi connectivity index (χ1v) is 7.61. The van der Waals surface area contributed by atoms with Crippen LogP contribution in [0.15, 0.2) is 34.9 Å². The van der Waals surface area contributed by atoms with E-state index in [2.05, 4.69) is 28.2 Å². The molecule has 1 N–H and O–H groups in total. The molecule has 1 aromatic carbocycles. The zero-order chi connectivity index (χ0) is 14.7. The van der Waals surface area contributed by atoms with Crippen molar-refractivity contribution < 1.29 is 4.79 Å². The van der Waals surface area contributed by atoms with Gasteiger partial charge < -0.3 is 9.88 Å². The zero-order valence-electron chi connectivity index (χ0n) is 11.4. The lowest BCUT2D eigenvalue weighted by Crippen LogP contribution is -2.17. The predicted octanol–water partition coefficient (Wildman–Crippen LogP) is 4.87. The molecule has 20 heavy (non-hydrogen) atoms. The average molecular weight is 356 g/mol. The molecular weight excluding hydrogens is 340 g/mol. The molecular formula is C15H16BrClN2O. The van der Waals surface area contributed by atoms with Crippen LogP contribution in [0.4, 0.5) is 5.69 Å². The quantitative estimate of drug-likeness (QED) is 0.833.